The highest BCUT2D eigenvalue weighted by atomic mass is 15.0. The van der Waals surface area contributed by atoms with Crippen LogP contribution in [0.3, 0.4) is 0 Å². The standard InChI is InChI=1S/C58H38N4/c1-2-15-39(16-3-1)40-31-33-41(34-32-40)52-38-53(44-19-14-22-47(37-44)62-56-29-10-6-25-50(56)51-26-7-11-30-57(51)62)60-58(59-52)45-20-12-17-42(35-45)43-18-13-21-46(36-43)61-54-27-8-4-23-48(54)49-24-5-9-28-55(49)61/h1-38H. The van der Waals surface area contributed by atoms with Gasteiger partial charge in [-0.3, -0.25) is 0 Å². The van der Waals surface area contributed by atoms with Crippen molar-refractivity contribution < 1.29 is 0 Å². The van der Waals surface area contributed by atoms with Crippen molar-refractivity contribution in [1.82, 2.24) is 19.1 Å². The Morgan fingerprint density at radius 2 is 0.613 bits per heavy atom. The second-order valence-electron chi connectivity index (χ2n) is 15.8. The molecule has 290 valence electrons. The van der Waals surface area contributed by atoms with Crippen LogP contribution in [0.5, 0.6) is 0 Å². The van der Waals surface area contributed by atoms with Crippen LogP contribution in [-0.2, 0) is 0 Å². The quantitative estimate of drug-likeness (QED) is 0.161. The van der Waals surface area contributed by atoms with Gasteiger partial charge >= 0.3 is 0 Å². The number of para-hydroxylation sites is 4. The molecule has 62 heavy (non-hydrogen) atoms. The third-order valence-corrected chi connectivity index (χ3v) is 12.1. The molecule has 12 rings (SSSR count). The highest BCUT2D eigenvalue weighted by Gasteiger charge is 2.17. The highest BCUT2D eigenvalue weighted by Crippen LogP contribution is 2.37. The molecule has 0 spiro atoms. The van der Waals surface area contributed by atoms with Gasteiger partial charge in [-0.05, 0) is 82.9 Å². The minimum absolute atomic E-state index is 0.673. The summed E-state index contributed by atoms with van der Waals surface area (Å²) in [7, 11) is 0. The zero-order valence-electron chi connectivity index (χ0n) is 33.7. The van der Waals surface area contributed by atoms with Crippen molar-refractivity contribution in [3.8, 4) is 67.5 Å². The zero-order chi connectivity index (χ0) is 41.0. The molecule has 0 N–H and O–H groups in total. The molecule has 0 aliphatic carbocycles. The SMILES string of the molecule is c1ccc(-c2ccc(-c3cc(-c4cccc(-n5c6ccccc6c6ccccc65)c4)nc(-c4cccc(-c5cccc(-n6c7ccccc7c7ccccc76)c5)c4)n3)cc2)cc1. The van der Waals surface area contributed by atoms with Crippen molar-refractivity contribution in [1.29, 1.82) is 0 Å². The van der Waals surface area contributed by atoms with E-state index in [0.29, 0.717) is 5.82 Å². The number of hydrogen-bond acceptors (Lipinski definition) is 2. The fourth-order valence-corrected chi connectivity index (χ4v) is 9.20. The molecular weight excluding hydrogens is 753 g/mol. The largest absolute Gasteiger partial charge is 0.309 e. The lowest BCUT2D eigenvalue weighted by atomic mass is 10.0. The summed E-state index contributed by atoms with van der Waals surface area (Å²) in [6.45, 7) is 0. The first-order chi connectivity index (χ1) is 30.7. The Kier molecular flexibility index (Phi) is 8.46. The van der Waals surface area contributed by atoms with E-state index in [0.717, 1.165) is 50.6 Å². The maximum atomic E-state index is 5.35. The van der Waals surface area contributed by atoms with E-state index in [4.69, 9.17) is 9.97 Å². The van der Waals surface area contributed by atoms with Crippen molar-refractivity contribution in [2.75, 3.05) is 0 Å². The number of benzene rings is 9. The Morgan fingerprint density at radius 1 is 0.242 bits per heavy atom. The topological polar surface area (TPSA) is 35.6 Å². The smallest absolute Gasteiger partial charge is 0.160 e. The van der Waals surface area contributed by atoms with Crippen molar-refractivity contribution in [2.24, 2.45) is 0 Å². The molecule has 0 saturated carbocycles. The van der Waals surface area contributed by atoms with Gasteiger partial charge in [0.25, 0.3) is 0 Å². The number of nitrogens with zero attached hydrogens (tertiary/aromatic N) is 4. The predicted molar refractivity (Wildman–Crippen MR) is 258 cm³/mol. The Balaban J connectivity index is 0.988. The van der Waals surface area contributed by atoms with Gasteiger partial charge in [0.2, 0.25) is 0 Å². The fourth-order valence-electron chi connectivity index (χ4n) is 9.20. The molecule has 12 aromatic rings. The van der Waals surface area contributed by atoms with Crippen LogP contribution in [0, 0.1) is 0 Å². The van der Waals surface area contributed by atoms with Crippen LogP contribution >= 0.6 is 0 Å². The number of aromatic nitrogens is 4. The predicted octanol–water partition coefficient (Wildman–Crippen LogP) is 15.0. The summed E-state index contributed by atoms with van der Waals surface area (Å²) < 4.78 is 4.73. The molecule has 3 heterocycles. The minimum Gasteiger partial charge on any atom is -0.309 e. The molecule has 0 fully saturated rings. The van der Waals surface area contributed by atoms with Gasteiger partial charge in [-0.25, -0.2) is 9.97 Å². The van der Waals surface area contributed by atoms with E-state index in [2.05, 4.69) is 240 Å². The van der Waals surface area contributed by atoms with E-state index in [-0.39, 0.29) is 0 Å². The third-order valence-electron chi connectivity index (χ3n) is 12.1. The van der Waals surface area contributed by atoms with Gasteiger partial charge in [0, 0.05) is 49.6 Å². The molecule has 3 aromatic heterocycles. The molecular formula is C58H38N4. The van der Waals surface area contributed by atoms with Gasteiger partial charge in [-0.15, -0.1) is 0 Å². The van der Waals surface area contributed by atoms with E-state index in [1.165, 1.54) is 54.7 Å². The summed E-state index contributed by atoms with van der Waals surface area (Å²) in [5, 5.41) is 4.97. The molecule has 0 radical (unpaired) electrons. The first-order valence-electron chi connectivity index (χ1n) is 21.1. The molecule has 0 aliphatic rings. The van der Waals surface area contributed by atoms with E-state index in [1.807, 2.05) is 0 Å². The Hall–Kier alpha value is -8.34. The van der Waals surface area contributed by atoms with Gasteiger partial charge in [0.05, 0.1) is 33.5 Å². The first-order valence-corrected chi connectivity index (χ1v) is 21.1. The molecule has 4 heteroatoms. The summed E-state index contributed by atoms with van der Waals surface area (Å²) in [4.78, 5) is 10.6. The van der Waals surface area contributed by atoms with Crippen LogP contribution in [0.4, 0.5) is 0 Å². The van der Waals surface area contributed by atoms with Crippen LogP contribution < -0.4 is 0 Å². The average molecular weight is 791 g/mol. The van der Waals surface area contributed by atoms with Crippen molar-refractivity contribution >= 4 is 43.6 Å². The monoisotopic (exact) mass is 790 g/mol. The second kappa shape index (κ2) is 14.7. The van der Waals surface area contributed by atoms with E-state index >= 15 is 0 Å². The van der Waals surface area contributed by atoms with E-state index in [9.17, 15) is 0 Å². The Labute approximate surface area is 359 Å². The van der Waals surface area contributed by atoms with Gasteiger partial charge < -0.3 is 9.13 Å². The molecule has 0 saturated heterocycles. The molecule has 0 unspecified atom stereocenters. The van der Waals surface area contributed by atoms with Crippen LogP contribution in [0.2, 0.25) is 0 Å². The number of fused-ring (bicyclic) bond motifs is 6. The maximum Gasteiger partial charge on any atom is 0.160 e. The average Bonchev–Trinajstić information content (AvgIpc) is 3.87. The molecule has 0 amide bonds. The summed E-state index contributed by atoms with van der Waals surface area (Å²) in [5.74, 6) is 0.673. The fraction of sp³-hybridized carbons (Fsp3) is 0. The summed E-state index contributed by atoms with van der Waals surface area (Å²) >= 11 is 0. The van der Waals surface area contributed by atoms with Crippen LogP contribution in [0.1, 0.15) is 0 Å². The Morgan fingerprint density at radius 3 is 1.16 bits per heavy atom. The maximum absolute atomic E-state index is 5.35. The lowest BCUT2D eigenvalue weighted by Crippen LogP contribution is -1.98. The van der Waals surface area contributed by atoms with Crippen LogP contribution in [-0.4, -0.2) is 19.1 Å². The van der Waals surface area contributed by atoms with E-state index < -0.39 is 0 Å². The minimum atomic E-state index is 0.673. The lowest BCUT2D eigenvalue weighted by molar-refractivity contribution is 1.16. The summed E-state index contributed by atoms with van der Waals surface area (Å²) in [6.07, 6.45) is 0. The lowest BCUT2D eigenvalue weighted by Gasteiger charge is -2.13. The highest BCUT2D eigenvalue weighted by molar-refractivity contribution is 6.10. The second-order valence-corrected chi connectivity index (χ2v) is 15.8. The molecule has 9 aromatic carbocycles. The van der Waals surface area contributed by atoms with Gasteiger partial charge in [0.1, 0.15) is 0 Å². The molecule has 0 bridgehead atoms. The van der Waals surface area contributed by atoms with Gasteiger partial charge in [-0.2, -0.15) is 0 Å². The van der Waals surface area contributed by atoms with Crippen LogP contribution in [0.25, 0.3) is 111 Å². The third kappa shape index (κ3) is 6.08. The molecule has 0 aliphatic heterocycles. The van der Waals surface area contributed by atoms with Gasteiger partial charge in [0.15, 0.2) is 5.82 Å². The van der Waals surface area contributed by atoms with Crippen molar-refractivity contribution in [3.63, 3.8) is 0 Å². The normalized spacial score (nSPS) is 11.5. The molecule has 4 nitrogen and oxygen atoms in total. The van der Waals surface area contributed by atoms with Gasteiger partial charge in [-0.1, -0.05) is 170 Å². The molecule has 0 atom stereocenters. The summed E-state index contributed by atoms with van der Waals surface area (Å²) in [6, 6.07) is 82.1. The number of hydrogen-bond donors (Lipinski definition) is 0. The summed E-state index contributed by atoms with van der Waals surface area (Å²) in [5.41, 5.74) is 16.2. The van der Waals surface area contributed by atoms with Crippen molar-refractivity contribution in [3.05, 3.63) is 231 Å². The Bertz CT molecular complexity index is 3530. The van der Waals surface area contributed by atoms with Crippen LogP contribution in [0.15, 0.2) is 231 Å². The number of rotatable bonds is 7. The van der Waals surface area contributed by atoms with E-state index in [1.54, 1.807) is 0 Å². The van der Waals surface area contributed by atoms with Crippen molar-refractivity contribution in [2.45, 2.75) is 0 Å². The zero-order valence-corrected chi connectivity index (χ0v) is 33.7. The first kappa shape index (κ1) is 35.6.